The predicted octanol–water partition coefficient (Wildman–Crippen LogP) is 5.30. The van der Waals surface area contributed by atoms with Crippen molar-refractivity contribution in [2.75, 3.05) is 51.0 Å². The molecule has 4 heterocycles. The molecule has 2 N–H and O–H groups in total. The van der Waals surface area contributed by atoms with Gasteiger partial charge in [0, 0.05) is 63.0 Å². The van der Waals surface area contributed by atoms with E-state index in [1.54, 1.807) is 17.4 Å². The molecule has 9 heteroatoms. The Balaban J connectivity index is 1.36. The molecule has 216 valence electrons. The highest BCUT2D eigenvalue weighted by atomic mass is 32.1. The first-order valence-electron chi connectivity index (χ1n) is 14.5. The molecule has 0 bridgehead atoms. The quantitative estimate of drug-likeness (QED) is 0.290. The van der Waals surface area contributed by atoms with Gasteiger partial charge in [-0.2, -0.15) is 0 Å². The third-order valence-corrected chi connectivity index (χ3v) is 9.76. The van der Waals surface area contributed by atoms with Crippen molar-refractivity contribution in [3.63, 3.8) is 0 Å². The lowest BCUT2D eigenvalue weighted by Gasteiger charge is -2.39. The zero-order chi connectivity index (χ0) is 28.8. The number of hydrogen-bond acceptors (Lipinski definition) is 8. The van der Waals surface area contributed by atoms with Gasteiger partial charge in [0.2, 0.25) is 5.91 Å². The van der Waals surface area contributed by atoms with Crippen molar-refractivity contribution in [2.24, 2.45) is 5.73 Å². The Kier molecular flexibility index (Phi) is 7.19. The van der Waals surface area contributed by atoms with Crippen molar-refractivity contribution in [3.8, 4) is 11.1 Å². The molecule has 7 rings (SSSR count). The van der Waals surface area contributed by atoms with Crippen LogP contribution < -0.4 is 16.1 Å². The van der Waals surface area contributed by atoms with Gasteiger partial charge in [-0.25, -0.2) is 0 Å². The second-order valence-corrected chi connectivity index (χ2v) is 12.0. The smallest absolute Gasteiger partial charge is 0.239 e. The van der Waals surface area contributed by atoms with Crippen molar-refractivity contribution < 1.29 is 18.7 Å². The normalized spacial score (nSPS) is 19.1. The van der Waals surface area contributed by atoms with Crippen molar-refractivity contribution in [1.29, 1.82) is 0 Å². The Morgan fingerprint density at radius 1 is 0.952 bits per heavy atom. The highest BCUT2D eigenvalue weighted by molar-refractivity contribution is 7.26. The van der Waals surface area contributed by atoms with E-state index in [1.807, 2.05) is 30.3 Å². The Hall–Kier alpha value is -3.76. The van der Waals surface area contributed by atoms with Gasteiger partial charge < -0.3 is 24.5 Å². The second-order valence-electron chi connectivity index (χ2n) is 11.0. The summed E-state index contributed by atoms with van der Waals surface area (Å²) < 4.78 is 19.9. The molecule has 3 aromatic carbocycles. The topological polar surface area (TPSA) is 98.2 Å². The number of rotatable bonds is 6. The van der Waals surface area contributed by atoms with Crippen LogP contribution in [0.2, 0.25) is 0 Å². The molecule has 2 fully saturated rings. The molecule has 1 amide bonds. The zero-order valence-electron chi connectivity index (χ0n) is 23.5. The maximum Gasteiger partial charge on any atom is 0.239 e. The number of carbonyl (C=O) groups is 1. The van der Waals surface area contributed by atoms with Crippen LogP contribution in [0.3, 0.4) is 0 Å². The SMILES string of the molecule is CC[C@H]1COCCN1C(C(N)=O)c1ccc2sc3c(-c4cccc5c(=O)cc(N6CCOCC6)oc45)cccc3c2c1. The van der Waals surface area contributed by atoms with Crippen LogP contribution in [-0.2, 0) is 14.3 Å². The first kappa shape index (κ1) is 27.1. The number of carbonyl (C=O) groups excluding carboxylic acids is 1. The number of ether oxygens (including phenoxy) is 2. The molecule has 8 nitrogen and oxygen atoms in total. The molecular formula is C33H33N3O5S. The average Bonchev–Trinajstić information content (AvgIpc) is 3.40. The van der Waals surface area contributed by atoms with E-state index in [4.69, 9.17) is 19.6 Å². The van der Waals surface area contributed by atoms with Crippen LogP contribution in [-0.4, -0.2) is 62.9 Å². The molecule has 0 saturated carbocycles. The summed E-state index contributed by atoms with van der Waals surface area (Å²) in [6.45, 7) is 6.53. The minimum Gasteiger partial charge on any atom is -0.440 e. The van der Waals surface area contributed by atoms with E-state index >= 15 is 0 Å². The van der Waals surface area contributed by atoms with E-state index in [0.29, 0.717) is 62.9 Å². The van der Waals surface area contributed by atoms with E-state index in [9.17, 15) is 9.59 Å². The number of primary amides is 1. The van der Waals surface area contributed by atoms with Crippen LogP contribution in [0.25, 0.3) is 42.3 Å². The van der Waals surface area contributed by atoms with Gasteiger partial charge in [-0.15, -0.1) is 11.3 Å². The lowest BCUT2D eigenvalue weighted by Crippen LogP contribution is -2.50. The summed E-state index contributed by atoms with van der Waals surface area (Å²) in [4.78, 5) is 30.3. The van der Waals surface area contributed by atoms with Gasteiger partial charge in [-0.1, -0.05) is 43.3 Å². The summed E-state index contributed by atoms with van der Waals surface area (Å²) in [5, 5.41) is 2.73. The number of para-hydroxylation sites is 1. The Morgan fingerprint density at radius 2 is 1.71 bits per heavy atom. The lowest BCUT2D eigenvalue weighted by molar-refractivity contribution is -0.127. The monoisotopic (exact) mass is 583 g/mol. The van der Waals surface area contributed by atoms with Crippen molar-refractivity contribution in [1.82, 2.24) is 4.90 Å². The number of thiophene rings is 1. The fourth-order valence-electron chi connectivity index (χ4n) is 6.39. The van der Waals surface area contributed by atoms with Crippen molar-refractivity contribution in [3.05, 3.63) is 76.5 Å². The van der Waals surface area contributed by atoms with E-state index in [-0.39, 0.29) is 17.4 Å². The molecule has 5 aromatic rings. The Morgan fingerprint density at radius 3 is 2.50 bits per heavy atom. The van der Waals surface area contributed by atoms with Crippen molar-refractivity contribution >= 4 is 54.3 Å². The fourth-order valence-corrected chi connectivity index (χ4v) is 7.60. The first-order chi connectivity index (χ1) is 20.5. The Bertz CT molecular complexity index is 1860. The number of morpholine rings is 2. The number of amides is 1. The van der Waals surface area contributed by atoms with E-state index in [0.717, 1.165) is 43.3 Å². The molecule has 2 aromatic heterocycles. The third kappa shape index (κ3) is 4.66. The summed E-state index contributed by atoms with van der Waals surface area (Å²) in [5.74, 6) is 0.221. The summed E-state index contributed by atoms with van der Waals surface area (Å²) >= 11 is 1.70. The van der Waals surface area contributed by atoms with Gasteiger partial charge in [0.1, 0.15) is 11.6 Å². The van der Waals surface area contributed by atoms with Crippen LogP contribution in [0.1, 0.15) is 24.9 Å². The van der Waals surface area contributed by atoms with Crippen LogP contribution in [0.15, 0.2) is 69.9 Å². The number of nitrogens with two attached hydrogens (primary N) is 1. The first-order valence-corrected chi connectivity index (χ1v) is 15.3. The number of benzene rings is 3. The highest BCUT2D eigenvalue weighted by Gasteiger charge is 2.33. The van der Waals surface area contributed by atoms with Crippen molar-refractivity contribution in [2.45, 2.75) is 25.4 Å². The standard InChI is InChI=1S/C33H33N3O5S/c1-2-21-19-40-16-13-36(21)30(33(34)38)20-9-10-28-26(17-20)24-7-4-6-23(32(24)42-28)22-5-3-8-25-27(37)18-29(41-31(22)25)35-11-14-39-15-12-35/h3-10,17-18,21,30H,2,11-16,19H2,1H3,(H2,34,38)/t21-,30?/m0/s1. The average molecular weight is 584 g/mol. The van der Waals surface area contributed by atoms with Gasteiger partial charge in [-0.3, -0.25) is 14.5 Å². The summed E-state index contributed by atoms with van der Waals surface area (Å²) in [6.07, 6.45) is 0.880. The number of anilines is 1. The maximum atomic E-state index is 13.2. The van der Waals surface area contributed by atoms with Gasteiger partial charge in [-0.05, 0) is 30.2 Å². The predicted molar refractivity (Wildman–Crippen MR) is 167 cm³/mol. The highest BCUT2D eigenvalue weighted by Crippen LogP contribution is 2.43. The molecule has 1 unspecified atom stereocenters. The molecule has 2 atom stereocenters. The summed E-state index contributed by atoms with van der Waals surface area (Å²) in [5.41, 5.74) is 9.33. The van der Waals surface area contributed by atoms with E-state index in [2.05, 4.69) is 41.0 Å². The largest absolute Gasteiger partial charge is 0.440 e. The minimum atomic E-state index is -0.521. The Labute approximate surface area is 247 Å². The van der Waals surface area contributed by atoms with E-state index < -0.39 is 6.04 Å². The number of hydrogen-bond donors (Lipinski definition) is 1. The molecule has 2 aliphatic heterocycles. The van der Waals surface area contributed by atoms with Crippen LogP contribution >= 0.6 is 11.3 Å². The molecule has 2 saturated heterocycles. The molecule has 0 spiro atoms. The summed E-state index contributed by atoms with van der Waals surface area (Å²) in [7, 11) is 0. The number of nitrogens with zero attached hydrogens (tertiary/aromatic N) is 2. The minimum absolute atomic E-state index is 0.0567. The fraction of sp³-hybridized carbons (Fsp3) is 0.333. The van der Waals surface area contributed by atoms with Gasteiger partial charge >= 0.3 is 0 Å². The molecule has 0 radical (unpaired) electrons. The van der Waals surface area contributed by atoms with E-state index in [1.165, 1.54) is 0 Å². The van der Waals surface area contributed by atoms with Gasteiger partial charge in [0.15, 0.2) is 11.3 Å². The summed E-state index contributed by atoms with van der Waals surface area (Å²) in [6, 6.07) is 19.4. The molecule has 42 heavy (non-hydrogen) atoms. The molecule has 0 aliphatic carbocycles. The molecular weight excluding hydrogens is 550 g/mol. The lowest BCUT2D eigenvalue weighted by atomic mass is 9.97. The van der Waals surface area contributed by atoms with Crippen LogP contribution in [0, 0.1) is 0 Å². The van der Waals surface area contributed by atoms with Gasteiger partial charge in [0.25, 0.3) is 0 Å². The van der Waals surface area contributed by atoms with Crippen LogP contribution in [0.5, 0.6) is 0 Å². The number of fused-ring (bicyclic) bond motifs is 4. The van der Waals surface area contributed by atoms with Crippen LogP contribution in [0.4, 0.5) is 5.88 Å². The third-order valence-electron chi connectivity index (χ3n) is 8.54. The zero-order valence-corrected chi connectivity index (χ0v) is 24.3. The maximum absolute atomic E-state index is 13.2. The molecule has 2 aliphatic rings. The van der Waals surface area contributed by atoms with Gasteiger partial charge in [0.05, 0.1) is 31.8 Å². The second kappa shape index (κ2) is 11.1.